The van der Waals surface area contributed by atoms with Crippen molar-refractivity contribution in [3.8, 4) is 0 Å². The Morgan fingerprint density at radius 2 is 1.84 bits per heavy atom. The molecule has 0 spiro atoms. The minimum absolute atomic E-state index is 0.0951. The summed E-state index contributed by atoms with van der Waals surface area (Å²) in [6.07, 6.45) is 2.54. The van der Waals surface area contributed by atoms with Gasteiger partial charge in [-0.25, -0.2) is 14.5 Å². The maximum absolute atomic E-state index is 13.3. The smallest absolute Gasteiger partial charge is 0.340 e. The second-order valence-corrected chi connectivity index (χ2v) is 8.65. The molecular formula is C24H28N4O3. The summed E-state index contributed by atoms with van der Waals surface area (Å²) in [5, 5.41) is 8.00. The molecular weight excluding hydrogens is 392 g/mol. The first-order valence-corrected chi connectivity index (χ1v) is 10.8. The van der Waals surface area contributed by atoms with Gasteiger partial charge in [-0.15, -0.1) is 0 Å². The van der Waals surface area contributed by atoms with Crippen molar-refractivity contribution in [3.63, 3.8) is 0 Å². The van der Waals surface area contributed by atoms with E-state index in [4.69, 9.17) is 9.72 Å². The van der Waals surface area contributed by atoms with Crippen LogP contribution in [0.25, 0.3) is 11.0 Å². The van der Waals surface area contributed by atoms with Gasteiger partial charge >= 0.3 is 5.97 Å². The first-order valence-electron chi connectivity index (χ1n) is 10.8. The maximum Gasteiger partial charge on any atom is 0.340 e. The number of nitrogens with zero attached hydrogens (tertiary/aromatic N) is 3. The van der Waals surface area contributed by atoms with Crippen LogP contribution < -0.4 is 5.32 Å². The highest BCUT2D eigenvalue weighted by atomic mass is 16.5. The van der Waals surface area contributed by atoms with Crippen LogP contribution in [-0.2, 0) is 9.53 Å². The van der Waals surface area contributed by atoms with E-state index in [1.54, 1.807) is 29.1 Å². The summed E-state index contributed by atoms with van der Waals surface area (Å²) < 4.78 is 7.61. The van der Waals surface area contributed by atoms with Gasteiger partial charge in [0.1, 0.15) is 0 Å². The van der Waals surface area contributed by atoms with Gasteiger partial charge in [-0.05, 0) is 38.7 Å². The van der Waals surface area contributed by atoms with Crippen LogP contribution in [-0.4, -0.2) is 32.7 Å². The van der Waals surface area contributed by atoms with Crippen molar-refractivity contribution in [1.29, 1.82) is 0 Å². The monoisotopic (exact) mass is 420 g/mol. The summed E-state index contributed by atoms with van der Waals surface area (Å²) in [4.78, 5) is 30.9. The Balaban J connectivity index is 1.72. The van der Waals surface area contributed by atoms with Gasteiger partial charge < -0.3 is 10.1 Å². The van der Waals surface area contributed by atoms with Crippen molar-refractivity contribution in [1.82, 2.24) is 20.1 Å². The van der Waals surface area contributed by atoms with E-state index < -0.39 is 12.1 Å². The molecule has 1 N–H and O–H groups in total. The number of ether oxygens (including phenoxy) is 1. The molecule has 1 fully saturated rings. The van der Waals surface area contributed by atoms with Crippen LogP contribution in [0, 0.1) is 0 Å². The SMILES string of the molecule is CC(C)c1cc(C(=O)O[C@H](C(=O)NC2CC2)c2ccccc2)c2cnn(C(C)C)c2n1. The summed E-state index contributed by atoms with van der Waals surface area (Å²) in [5.41, 5.74) is 2.44. The van der Waals surface area contributed by atoms with Crippen LogP contribution >= 0.6 is 0 Å². The molecule has 7 nitrogen and oxygen atoms in total. The molecule has 1 aliphatic rings. The molecule has 0 bridgehead atoms. The van der Waals surface area contributed by atoms with Crippen molar-refractivity contribution < 1.29 is 14.3 Å². The second kappa shape index (κ2) is 8.49. The van der Waals surface area contributed by atoms with Gasteiger partial charge in [0.25, 0.3) is 5.91 Å². The molecule has 1 atom stereocenters. The Hall–Kier alpha value is -3.22. The molecule has 31 heavy (non-hydrogen) atoms. The first-order chi connectivity index (χ1) is 14.8. The van der Waals surface area contributed by atoms with E-state index in [-0.39, 0.29) is 23.9 Å². The number of amides is 1. The van der Waals surface area contributed by atoms with Gasteiger partial charge in [-0.2, -0.15) is 5.10 Å². The minimum Gasteiger partial charge on any atom is -0.444 e. The third kappa shape index (κ3) is 4.45. The zero-order chi connectivity index (χ0) is 22.1. The Morgan fingerprint density at radius 3 is 2.45 bits per heavy atom. The highest BCUT2D eigenvalue weighted by Gasteiger charge is 2.32. The molecule has 1 saturated carbocycles. The molecule has 3 aromatic rings. The predicted molar refractivity (Wildman–Crippen MR) is 118 cm³/mol. The molecule has 7 heteroatoms. The topological polar surface area (TPSA) is 86.1 Å². The number of fused-ring (bicyclic) bond motifs is 1. The maximum atomic E-state index is 13.3. The molecule has 4 rings (SSSR count). The molecule has 162 valence electrons. The Labute approximate surface area is 181 Å². The number of carbonyl (C=O) groups is 2. The number of hydrogen-bond acceptors (Lipinski definition) is 5. The zero-order valence-electron chi connectivity index (χ0n) is 18.3. The summed E-state index contributed by atoms with van der Waals surface area (Å²) in [5.74, 6) is -0.735. The predicted octanol–water partition coefficient (Wildman–Crippen LogP) is 4.31. The van der Waals surface area contributed by atoms with Crippen molar-refractivity contribution in [2.24, 2.45) is 0 Å². The van der Waals surface area contributed by atoms with Gasteiger partial charge in [0.05, 0.1) is 17.1 Å². The molecule has 1 amide bonds. The Morgan fingerprint density at radius 1 is 1.13 bits per heavy atom. The molecule has 0 unspecified atom stereocenters. The molecule has 0 aliphatic heterocycles. The average Bonchev–Trinajstić information content (AvgIpc) is 3.45. The third-order valence-electron chi connectivity index (χ3n) is 5.38. The lowest BCUT2D eigenvalue weighted by Crippen LogP contribution is -2.33. The molecule has 1 aliphatic carbocycles. The van der Waals surface area contributed by atoms with Crippen molar-refractivity contribution in [3.05, 3.63) is 59.4 Å². The number of carbonyl (C=O) groups excluding carboxylic acids is 2. The Kier molecular flexibility index (Phi) is 5.76. The normalized spacial score (nSPS) is 14.8. The fourth-order valence-corrected chi connectivity index (χ4v) is 3.46. The van der Waals surface area contributed by atoms with Crippen molar-refractivity contribution in [2.45, 2.75) is 64.6 Å². The van der Waals surface area contributed by atoms with E-state index in [0.717, 1.165) is 18.5 Å². The minimum atomic E-state index is -1.01. The van der Waals surface area contributed by atoms with E-state index in [1.807, 2.05) is 45.9 Å². The fourth-order valence-electron chi connectivity index (χ4n) is 3.46. The van der Waals surface area contributed by atoms with E-state index in [0.29, 0.717) is 22.2 Å². The fraction of sp³-hybridized carbons (Fsp3) is 0.417. The van der Waals surface area contributed by atoms with E-state index >= 15 is 0 Å². The number of aromatic nitrogens is 3. The second-order valence-electron chi connectivity index (χ2n) is 8.65. The standard InChI is InChI=1S/C24H28N4O3/c1-14(2)20-12-18(19-13-25-28(15(3)4)22(19)27-20)24(30)31-21(16-8-6-5-7-9-16)23(29)26-17-10-11-17/h5-9,12-15,17,21H,10-11H2,1-4H3,(H,26,29)/t21-/m0/s1. The number of hydrogen-bond donors (Lipinski definition) is 1. The van der Waals surface area contributed by atoms with Crippen molar-refractivity contribution in [2.75, 3.05) is 0 Å². The van der Waals surface area contributed by atoms with Crippen LogP contribution in [0.1, 0.15) is 80.2 Å². The number of benzene rings is 1. The van der Waals surface area contributed by atoms with Gasteiger partial charge in [0.15, 0.2) is 5.65 Å². The highest BCUT2D eigenvalue weighted by molar-refractivity contribution is 6.03. The molecule has 0 saturated heterocycles. The molecule has 0 radical (unpaired) electrons. The van der Waals surface area contributed by atoms with Gasteiger partial charge in [0.2, 0.25) is 6.10 Å². The van der Waals surface area contributed by atoms with Gasteiger partial charge in [-0.3, -0.25) is 4.79 Å². The summed E-state index contributed by atoms with van der Waals surface area (Å²) in [6, 6.07) is 11.1. The number of esters is 1. The Bertz CT molecular complexity index is 1100. The first kappa shape index (κ1) is 21.0. The molecule has 2 heterocycles. The lowest BCUT2D eigenvalue weighted by molar-refractivity contribution is -0.130. The van der Waals surface area contributed by atoms with Gasteiger partial charge in [-0.1, -0.05) is 44.2 Å². The summed E-state index contributed by atoms with van der Waals surface area (Å²) in [7, 11) is 0. The number of nitrogens with one attached hydrogen (secondary N) is 1. The van der Waals surface area contributed by atoms with Crippen LogP contribution in [0.2, 0.25) is 0 Å². The highest BCUT2D eigenvalue weighted by Crippen LogP contribution is 2.28. The van der Waals surface area contributed by atoms with E-state index in [9.17, 15) is 9.59 Å². The van der Waals surface area contributed by atoms with Gasteiger partial charge in [0, 0.05) is 23.3 Å². The van der Waals surface area contributed by atoms with Crippen LogP contribution in [0.5, 0.6) is 0 Å². The van der Waals surface area contributed by atoms with Crippen LogP contribution in [0.3, 0.4) is 0 Å². The lowest BCUT2D eigenvalue weighted by Gasteiger charge is -2.19. The van der Waals surface area contributed by atoms with Crippen LogP contribution in [0.4, 0.5) is 0 Å². The van der Waals surface area contributed by atoms with E-state index in [2.05, 4.69) is 10.4 Å². The third-order valence-corrected chi connectivity index (χ3v) is 5.38. The quantitative estimate of drug-likeness (QED) is 0.576. The lowest BCUT2D eigenvalue weighted by atomic mass is 10.0. The molecule has 1 aromatic carbocycles. The average molecular weight is 421 g/mol. The van der Waals surface area contributed by atoms with Crippen molar-refractivity contribution >= 4 is 22.9 Å². The number of rotatable bonds is 7. The number of pyridine rings is 1. The molecule has 2 aromatic heterocycles. The summed E-state index contributed by atoms with van der Waals surface area (Å²) in [6.45, 7) is 8.08. The largest absolute Gasteiger partial charge is 0.444 e. The van der Waals surface area contributed by atoms with E-state index in [1.165, 1.54) is 0 Å². The summed E-state index contributed by atoms with van der Waals surface area (Å²) >= 11 is 0. The van der Waals surface area contributed by atoms with Crippen LogP contribution in [0.15, 0.2) is 42.6 Å². The zero-order valence-corrected chi connectivity index (χ0v) is 18.3.